The molecule has 0 spiro atoms. The average Bonchev–Trinajstić information content (AvgIpc) is 2.46. The van der Waals surface area contributed by atoms with E-state index in [1.165, 1.54) is 12.8 Å². The molecule has 2 aromatic rings. The van der Waals surface area contributed by atoms with Crippen molar-refractivity contribution < 1.29 is 9.90 Å². The lowest BCUT2D eigenvalue weighted by molar-refractivity contribution is 0.0699. The molecule has 1 aromatic carbocycles. The molecule has 110 valence electrons. The number of rotatable bonds is 2. The van der Waals surface area contributed by atoms with Crippen LogP contribution in [0.25, 0.3) is 10.9 Å². The number of benzene rings is 1. The maximum Gasteiger partial charge on any atom is 0.336 e. The fourth-order valence-electron chi connectivity index (χ4n) is 3.24. The number of nitrogens with zero attached hydrogens (tertiary/aromatic N) is 2. The van der Waals surface area contributed by atoms with E-state index in [2.05, 4.69) is 23.7 Å². The Balaban J connectivity index is 2.00. The number of hydrogen-bond acceptors (Lipinski definition) is 3. The topological polar surface area (TPSA) is 53.4 Å². The van der Waals surface area contributed by atoms with E-state index < -0.39 is 5.97 Å². The molecule has 1 aliphatic heterocycles. The molecule has 2 heterocycles. The molecular weight excluding hydrogens is 264 g/mol. The Morgan fingerprint density at radius 2 is 2.10 bits per heavy atom. The van der Waals surface area contributed by atoms with Gasteiger partial charge >= 0.3 is 5.97 Å². The SMILES string of the molecule is CC1CCN(c2ccc3c(C(=O)O)cccc3n2)C(C)C1. The van der Waals surface area contributed by atoms with E-state index in [-0.39, 0.29) is 0 Å². The Kier molecular flexibility index (Phi) is 3.53. The first-order chi connectivity index (χ1) is 10.1. The zero-order valence-corrected chi connectivity index (χ0v) is 12.4. The second-order valence-electron chi connectivity index (χ2n) is 6.02. The van der Waals surface area contributed by atoms with Crippen LogP contribution in [0, 0.1) is 5.92 Å². The van der Waals surface area contributed by atoms with Gasteiger partial charge < -0.3 is 10.0 Å². The first-order valence-corrected chi connectivity index (χ1v) is 7.46. The van der Waals surface area contributed by atoms with Crippen molar-refractivity contribution in [3.8, 4) is 0 Å². The van der Waals surface area contributed by atoms with E-state index in [9.17, 15) is 9.90 Å². The van der Waals surface area contributed by atoms with Crippen LogP contribution in [0.2, 0.25) is 0 Å². The third kappa shape index (κ3) is 2.58. The van der Waals surface area contributed by atoms with E-state index >= 15 is 0 Å². The highest BCUT2D eigenvalue weighted by molar-refractivity contribution is 6.02. The van der Waals surface area contributed by atoms with Crippen LogP contribution in [0.5, 0.6) is 0 Å². The van der Waals surface area contributed by atoms with Crippen molar-refractivity contribution in [1.82, 2.24) is 4.98 Å². The first-order valence-electron chi connectivity index (χ1n) is 7.46. The molecule has 0 bridgehead atoms. The summed E-state index contributed by atoms with van der Waals surface area (Å²) in [5.41, 5.74) is 1.06. The first kappa shape index (κ1) is 13.9. The molecule has 0 saturated carbocycles. The van der Waals surface area contributed by atoms with Crippen molar-refractivity contribution in [2.75, 3.05) is 11.4 Å². The van der Waals surface area contributed by atoms with Gasteiger partial charge in [-0.1, -0.05) is 13.0 Å². The molecule has 4 nitrogen and oxygen atoms in total. The quantitative estimate of drug-likeness (QED) is 0.916. The third-order valence-electron chi connectivity index (χ3n) is 4.38. The number of fused-ring (bicyclic) bond motifs is 1. The summed E-state index contributed by atoms with van der Waals surface area (Å²) in [4.78, 5) is 18.3. The number of aromatic nitrogens is 1. The average molecular weight is 284 g/mol. The van der Waals surface area contributed by atoms with Crippen LogP contribution in [0.15, 0.2) is 30.3 Å². The largest absolute Gasteiger partial charge is 0.478 e. The number of aromatic carboxylic acids is 1. The van der Waals surface area contributed by atoms with Crippen molar-refractivity contribution in [3.05, 3.63) is 35.9 Å². The van der Waals surface area contributed by atoms with Crippen LogP contribution in [0.1, 0.15) is 37.0 Å². The van der Waals surface area contributed by atoms with Gasteiger partial charge in [0.25, 0.3) is 0 Å². The van der Waals surface area contributed by atoms with E-state index in [1.54, 1.807) is 12.1 Å². The van der Waals surface area contributed by atoms with Crippen LogP contribution in [-0.4, -0.2) is 28.6 Å². The summed E-state index contributed by atoms with van der Waals surface area (Å²) in [6, 6.07) is 9.55. The highest BCUT2D eigenvalue weighted by Crippen LogP contribution is 2.28. The molecule has 1 aromatic heterocycles. The van der Waals surface area contributed by atoms with Crippen molar-refractivity contribution in [2.45, 2.75) is 32.7 Å². The van der Waals surface area contributed by atoms with Crippen molar-refractivity contribution in [2.24, 2.45) is 5.92 Å². The maximum atomic E-state index is 11.3. The lowest BCUT2D eigenvalue weighted by Gasteiger charge is -2.37. The zero-order chi connectivity index (χ0) is 15.0. The minimum atomic E-state index is -0.907. The van der Waals surface area contributed by atoms with Gasteiger partial charge in [0.15, 0.2) is 0 Å². The van der Waals surface area contributed by atoms with Crippen LogP contribution >= 0.6 is 0 Å². The molecule has 2 atom stereocenters. The van der Waals surface area contributed by atoms with Gasteiger partial charge in [-0.05, 0) is 49.9 Å². The Hall–Kier alpha value is -2.10. The second kappa shape index (κ2) is 5.35. The number of hydrogen-bond donors (Lipinski definition) is 1. The number of carbonyl (C=O) groups is 1. The molecule has 1 saturated heterocycles. The molecule has 2 unspecified atom stereocenters. The Bertz CT molecular complexity index is 684. The summed E-state index contributed by atoms with van der Waals surface area (Å²) in [6.45, 7) is 5.54. The highest BCUT2D eigenvalue weighted by Gasteiger charge is 2.24. The van der Waals surface area contributed by atoms with Gasteiger partial charge in [-0.3, -0.25) is 0 Å². The van der Waals surface area contributed by atoms with Crippen LogP contribution in [0.4, 0.5) is 5.82 Å². The Morgan fingerprint density at radius 1 is 1.29 bits per heavy atom. The lowest BCUT2D eigenvalue weighted by atomic mass is 9.93. The summed E-state index contributed by atoms with van der Waals surface area (Å²) in [6.07, 6.45) is 2.36. The predicted molar refractivity (Wildman–Crippen MR) is 83.9 cm³/mol. The van der Waals surface area contributed by atoms with E-state index in [0.29, 0.717) is 17.0 Å². The van der Waals surface area contributed by atoms with E-state index in [4.69, 9.17) is 0 Å². The number of carboxylic acids is 1. The second-order valence-corrected chi connectivity index (χ2v) is 6.02. The summed E-state index contributed by atoms with van der Waals surface area (Å²) >= 11 is 0. The Labute approximate surface area is 124 Å². The molecule has 4 heteroatoms. The molecule has 1 N–H and O–H groups in total. The maximum absolute atomic E-state index is 11.3. The summed E-state index contributed by atoms with van der Waals surface area (Å²) < 4.78 is 0. The fourth-order valence-corrected chi connectivity index (χ4v) is 3.24. The summed E-state index contributed by atoms with van der Waals surface area (Å²) in [5, 5.41) is 9.93. The van der Waals surface area contributed by atoms with Gasteiger partial charge in [0.2, 0.25) is 0 Å². The fraction of sp³-hybridized carbons (Fsp3) is 0.412. The van der Waals surface area contributed by atoms with Gasteiger partial charge in [0, 0.05) is 18.0 Å². The molecule has 0 amide bonds. The van der Waals surface area contributed by atoms with Gasteiger partial charge in [-0.2, -0.15) is 0 Å². The van der Waals surface area contributed by atoms with Crippen molar-refractivity contribution >= 4 is 22.7 Å². The monoisotopic (exact) mass is 284 g/mol. The van der Waals surface area contributed by atoms with E-state index in [0.717, 1.165) is 23.8 Å². The molecule has 3 rings (SSSR count). The number of pyridine rings is 1. The highest BCUT2D eigenvalue weighted by atomic mass is 16.4. The normalized spacial score (nSPS) is 22.5. The minimum Gasteiger partial charge on any atom is -0.478 e. The number of carboxylic acid groups (broad SMARTS) is 1. The molecule has 1 aliphatic rings. The van der Waals surface area contributed by atoms with Crippen LogP contribution in [0.3, 0.4) is 0 Å². The van der Waals surface area contributed by atoms with Gasteiger partial charge in [0.05, 0.1) is 11.1 Å². The third-order valence-corrected chi connectivity index (χ3v) is 4.38. The number of piperidine rings is 1. The van der Waals surface area contributed by atoms with E-state index in [1.807, 2.05) is 18.2 Å². The van der Waals surface area contributed by atoms with Crippen molar-refractivity contribution in [1.29, 1.82) is 0 Å². The summed E-state index contributed by atoms with van der Waals surface area (Å²) in [7, 11) is 0. The summed E-state index contributed by atoms with van der Waals surface area (Å²) in [5.74, 6) is 0.801. The van der Waals surface area contributed by atoms with Gasteiger partial charge in [-0.15, -0.1) is 0 Å². The Morgan fingerprint density at radius 3 is 2.81 bits per heavy atom. The van der Waals surface area contributed by atoms with Gasteiger partial charge in [0.1, 0.15) is 5.82 Å². The molecule has 21 heavy (non-hydrogen) atoms. The lowest BCUT2D eigenvalue weighted by Crippen LogP contribution is -2.40. The molecular formula is C17H20N2O2. The number of anilines is 1. The van der Waals surface area contributed by atoms with Crippen molar-refractivity contribution in [3.63, 3.8) is 0 Å². The van der Waals surface area contributed by atoms with Crippen LogP contribution < -0.4 is 4.90 Å². The molecule has 0 aliphatic carbocycles. The minimum absolute atomic E-state index is 0.312. The molecule has 1 fully saturated rings. The standard InChI is InChI=1S/C17H20N2O2/c1-11-8-9-19(12(2)10-11)16-7-6-13-14(17(20)21)4-3-5-15(13)18-16/h3-7,11-12H,8-10H2,1-2H3,(H,20,21). The predicted octanol–water partition coefficient (Wildman–Crippen LogP) is 3.56. The zero-order valence-electron chi connectivity index (χ0n) is 12.4. The molecule has 0 radical (unpaired) electrons. The smallest absolute Gasteiger partial charge is 0.336 e. The van der Waals surface area contributed by atoms with Gasteiger partial charge in [-0.25, -0.2) is 9.78 Å². The van der Waals surface area contributed by atoms with Crippen LogP contribution in [-0.2, 0) is 0 Å².